The number of anilines is 1. The maximum Gasteiger partial charge on any atom is 0.225 e. The van der Waals surface area contributed by atoms with E-state index in [2.05, 4.69) is 21.4 Å². The molecule has 0 saturated carbocycles. The van der Waals surface area contributed by atoms with Crippen LogP contribution in [0.5, 0.6) is 11.6 Å². The zero-order valence-corrected chi connectivity index (χ0v) is 10.9. The van der Waals surface area contributed by atoms with Gasteiger partial charge < -0.3 is 10.1 Å². The van der Waals surface area contributed by atoms with Crippen molar-refractivity contribution < 1.29 is 4.74 Å². The number of benzene rings is 1. The Labute approximate surface area is 107 Å². The number of nitrogens with zero attached hydrogens (tertiary/aromatic N) is 2. The molecule has 2 aromatic rings. The van der Waals surface area contributed by atoms with Crippen LogP contribution in [-0.4, -0.2) is 16.5 Å². The predicted octanol–water partition coefficient (Wildman–Crippen LogP) is 3.32. The van der Waals surface area contributed by atoms with Gasteiger partial charge in [-0.15, -0.1) is 0 Å². The predicted molar refractivity (Wildman–Crippen MR) is 72.2 cm³/mol. The van der Waals surface area contributed by atoms with E-state index < -0.39 is 0 Å². The summed E-state index contributed by atoms with van der Waals surface area (Å²) in [6.45, 7) is 6.84. The van der Waals surface area contributed by atoms with E-state index in [9.17, 15) is 0 Å². The van der Waals surface area contributed by atoms with Crippen molar-refractivity contribution in [2.24, 2.45) is 0 Å². The summed E-state index contributed by atoms with van der Waals surface area (Å²) in [4.78, 5) is 8.39. The van der Waals surface area contributed by atoms with Gasteiger partial charge in [-0.1, -0.05) is 12.1 Å². The van der Waals surface area contributed by atoms with Gasteiger partial charge in [0.15, 0.2) is 0 Å². The van der Waals surface area contributed by atoms with Gasteiger partial charge in [0.2, 0.25) is 11.8 Å². The third kappa shape index (κ3) is 2.97. The average Bonchev–Trinajstić information content (AvgIpc) is 2.35. The van der Waals surface area contributed by atoms with E-state index in [1.165, 1.54) is 0 Å². The van der Waals surface area contributed by atoms with Crippen molar-refractivity contribution in [3.63, 3.8) is 0 Å². The highest BCUT2D eigenvalue weighted by molar-refractivity contribution is 5.39. The van der Waals surface area contributed by atoms with Gasteiger partial charge in [0.25, 0.3) is 0 Å². The fourth-order valence-electron chi connectivity index (χ4n) is 1.57. The highest BCUT2D eigenvalue weighted by atomic mass is 16.5. The Morgan fingerprint density at radius 2 is 2.06 bits per heavy atom. The van der Waals surface area contributed by atoms with Crippen LogP contribution < -0.4 is 10.1 Å². The van der Waals surface area contributed by atoms with Crippen molar-refractivity contribution >= 4 is 5.95 Å². The molecule has 0 bridgehead atoms. The van der Waals surface area contributed by atoms with Crippen molar-refractivity contribution in [3.05, 3.63) is 41.6 Å². The molecule has 2 rings (SSSR count). The topological polar surface area (TPSA) is 47.0 Å². The summed E-state index contributed by atoms with van der Waals surface area (Å²) in [7, 11) is 0. The van der Waals surface area contributed by atoms with Gasteiger partial charge in [0.05, 0.1) is 0 Å². The molecule has 1 aromatic carbocycles. The first-order valence-electron chi connectivity index (χ1n) is 6.01. The molecule has 4 nitrogen and oxygen atoms in total. The summed E-state index contributed by atoms with van der Waals surface area (Å²) in [5.74, 6) is 1.96. The Balaban J connectivity index is 2.22. The summed E-state index contributed by atoms with van der Waals surface area (Å²) in [5, 5.41) is 3.06. The Hall–Kier alpha value is -2.10. The van der Waals surface area contributed by atoms with Gasteiger partial charge in [0.1, 0.15) is 5.75 Å². The van der Waals surface area contributed by atoms with E-state index in [1.807, 2.05) is 32.9 Å². The van der Waals surface area contributed by atoms with Crippen LogP contribution in [0.2, 0.25) is 0 Å². The Morgan fingerprint density at radius 1 is 1.22 bits per heavy atom. The lowest BCUT2D eigenvalue weighted by molar-refractivity contribution is 0.458. The zero-order chi connectivity index (χ0) is 13.0. The highest BCUT2D eigenvalue weighted by Gasteiger charge is 2.04. The number of aromatic nitrogens is 2. The van der Waals surface area contributed by atoms with Crippen molar-refractivity contribution in [1.82, 2.24) is 9.97 Å². The smallest absolute Gasteiger partial charge is 0.225 e. The molecule has 0 atom stereocenters. The van der Waals surface area contributed by atoms with Crippen LogP contribution in [0.15, 0.2) is 30.5 Å². The minimum absolute atomic E-state index is 0.551. The number of rotatable bonds is 4. The third-order valence-electron chi connectivity index (χ3n) is 2.52. The van der Waals surface area contributed by atoms with E-state index >= 15 is 0 Å². The molecule has 0 aliphatic rings. The van der Waals surface area contributed by atoms with E-state index in [0.29, 0.717) is 11.8 Å². The molecule has 0 spiro atoms. The second-order valence-corrected chi connectivity index (χ2v) is 4.12. The quantitative estimate of drug-likeness (QED) is 0.894. The van der Waals surface area contributed by atoms with Crippen molar-refractivity contribution in [2.75, 3.05) is 11.9 Å². The summed E-state index contributed by atoms with van der Waals surface area (Å²) in [5.41, 5.74) is 2.25. The number of nitrogens with one attached hydrogen (secondary N) is 1. The van der Waals surface area contributed by atoms with Gasteiger partial charge >= 0.3 is 0 Å². The molecule has 0 fully saturated rings. The number of hydrogen-bond donors (Lipinski definition) is 1. The van der Waals surface area contributed by atoms with Gasteiger partial charge in [-0.3, -0.25) is 0 Å². The van der Waals surface area contributed by atoms with Crippen LogP contribution in [0, 0.1) is 13.8 Å². The molecule has 0 aliphatic carbocycles. The molecule has 0 radical (unpaired) electrons. The molecular weight excluding hydrogens is 226 g/mol. The van der Waals surface area contributed by atoms with Crippen LogP contribution in [0.3, 0.4) is 0 Å². The van der Waals surface area contributed by atoms with Crippen LogP contribution in [0.25, 0.3) is 0 Å². The van der Waals surface area contributed by atoms with Crippen LogP contribution in [-0.2, 0) is 0 Å². The maximum absolute atomic E-state index is 5.79. The normalized spacial score (nSPS) is 10.2. The van der Waals surface area contributed by atoms with Gasteiger partial charge in [-0.25, -0.2) is 4.98 Å². The number of hydrogen-bond acceptors (Lipinski definition) is 4. The standard InChI is InChI=1S/C14H17N3O/c1-4-15-14-16-8-7-13(17-14)18-12-9-10(2)5-6-11(12)3/h5-9H,4H2,1-3H3,(H,15,16,17). The largest absolute Gasteiger partial charge is 0.439 e. The molecule has 0 amide bonds. The van der Waals surface area contributed by atoms with Crippen molar-refractivity contribution in [3.8, 4) is 11.6 Å². The lowest BCUT2D eigenvalue weighted by Crippen LogP contribution is -2.02. The maximum atomic E-state index is 5.79. The fourth-order valence-corrected chi connectivity index (χ4v) is 1.57. The second-order valence-electron chi connectivity index (χ2n) is 4.12. The summed E-state index contributed by atoms with van der Waals surface area (Å²) in [6.07, 6.45) is 1.69. The van der Waals surface area contributed by atoms with Crippen LogP contribution >= 0.6 is 0 Å². The molecule has 0 unspecified atom stereocenters. The number of aryl methyl sites for hydroxylation is 2. The monoisotopic (exact) mass is 243 g/mol. The van der Waals surface area contributed by atoms with Gasteiger partial charge in [-0.2, -0.15) is 4.98 Å². The van der Waals surface area contributed by atoms with Gasteiger partial charge in [0, 0.05) is 18.8 Å². The summed E-state index contributed by atoms with van der Waals surface area (Å²) < 4.78 is 5.79. The van der Waals surface area contributed by atoms with Crippen molar-refractivity contribution in [2.45, 2.75) is 20.8 Å². The van der Waals surface area contributed by atoms with E-state index in [4.69, 9.17) is 4.74 Å². The van der Waals surface area contributed by atoms with Crippen molar-refractivity contribution in [1.29, 1.82) is 0 Å². The third-order valence-corrected chi connectivity index (χ3v) is 2.52. The molecule has 1 aromatic heterocycles. The Kier molecular flexibility index (Phi) is 3.77. The van der Waals surface area contributed by atoms with Gasteiger partial charge in [-0.05, 0) is 38.0 Å². The molecule has 4 heteroatoms. The first kappa shape index (κ1) is 12.4. The summed E-state index contributed by atoms with van der Waals surface area (Å²) in [6, 6.07) is 7.86. The fraction of sp³-hybridized carbons (Fsp3) is 0.286. The van der Waals surface area contributed by atoms with E-state index in [1.54, 1.807) is 12.3 Å². The molecule has 94 valence electrons. The van der Waals surface area contributed by atoms with Crippen LogP contribution in [0.1, 0.15) is 18.1 Å². The molecule has 1 N–H and O–H groups in total. The highest BCUT2D eigenvalue weighted by Crippen LogP contribution is 2.24. The first-order chi connectivity index (χ1) is 8.69. The second kappa shape index (κ2) is 5.49. The molecular formula is C14H17N3O. The SMILES string of the molecule is CCNc1nccc(Oc2cc(C)ccc2C)n1. The summed E-state index contributed by atoms with van der Waals surface area (Å²) >= 11 is 0. The molecule has 1 heterocycles. The Bertz CT molecular complexity index is 540. The molecule has 0 saturated heterocycles. The zero-order valence-electron chi connectivity index (χ0n) is 10.9. The first-order valence-corrected chi connectivity index (χ1v) is 6.01. The minimum Gasteiger partial charge on any atom is -0.439 e. The molecule has 18 heavy (non-hydrogen) atoms. The average molecular weight is 243 g/mol. The van der Waals surface area contributed by atoms with Crippen LogP contribution in [0.4, 0.5) is 5.95 Å². The number of ether oxygens (including phenoxy) is 1. The lowest BCUT2D eigenvalue weighted by atomic mass is 10.1. The molecule has 0 aliphatic heterocycles. The minimum atomic E-state index is 0.551. The van der Waals surface area contributed by atoms with E-state index in [0.717, 1.165) is 23.4 Å². The Morgan fingerprint density at radius 3 is 2.83 bits per heavy atom. The van der Waals surface area contributed by atoms with E-state index in [-0.39, 0.29) is 0 Å². The lowest BCUT2D eigenvalue weighted by Gasteiger charge is -2.09.